The van der Waals surface area contributed by atoms with Gasteiger partial charge in [0, 0.05) is 11.9 Å². The Bertz CT molecular complexity index is 361. The third-order valence-electron chi connectivity index (χ3n) is 2.43. The molecule has 15 heavy (non-hydrogen) atoms. The highest BCUT2D eigenvalue weighted by atomic mass is 35.5. The van der Waals surface area contributed by atoms with Gasteiger partial charge in [-0.3, -0.25) is 0 Å². The highest BCUT2D eigenvalue weighted by molar-refractivity contribution is 8.00. The number of hydrogen-bond donors (Lipinski definition) is 1. The van der Waals surface area contributed by atoms with Crippen molar-refractivity contribution in [2.45, 2.75) is 29.7 Å². The van der Waals surface area contributed by atoms with Gasteiger partial charge < -0.3 is 10.5 Å². The number of halogens is 1. The van der Waals surface area contributed by atoms with Crippen LogP contribution in [-0.4, -0.2) is 22.9 Å². The molecule has 1 saturated heterocycles. The van der Waals surface area contributed by atoms with Crippen LogP contribution in [0.25, 0.3) is 0 Å². The van der Waals surface area contributed by atoms with Crippen LogP contribution in [-0.2, 0) is 4.74 Å². The summed E-state index contributed by atoms with van der Waals surface area (Å²) in [5.74, 6) is 0. The number of nitrogens with zero attached hydrogens (tertiary/aromatic N) is 1. The average molecular weight is 245 g/mol. The molecule has 2 heterocycles. The first kappa shape index (κ1) is 11.0. The van der Waals surface area contributed by atoms with Crippen LogP contribution in [0.15, 0.2) is 17.2 Å². The Kier molecular flexibility index (Phi) is 3.38. The molecular weight excluding hydrogens is 232 g/mol. The van der Waals surface area contributed by atoms with Crippen LogP contribution in [0.3, 0.4) is 0 Å². The van der Waals surface area contributed by atoms with E-state index in [0.29, 0.717) is 16.1 Å². The molecule has 2 rings (SSSR count). The van der Waals surface area contributed by atoms with Crippen molar-refractivity contribution in [1.29, 1.82) is 0 Å². The first-order chi connectivity index (χ1) is 7.16. The minimum atomic E-state index is 0.259. The van der Waals surface area contributed by atoms with Crippen LogP contribution in [0, 0.1) is 0 Å². The standard InChI is InChI=1S/C10H13ClN2OS/c1-6-8(4-5-14-6)15-10-7(12)2-3-9(11)13-10/h2-3,6,8H,4-5,12H2,1H3. The fourth-order valence-electron chi connectivity index (χ4n) is 1.53. The highest BCUT2D eigenvalue weighted by Gasteiger charge is 2.26. The van der Waals surface area contributed by atoms with Crippen LogP contribution < -0.4 is 5.73 Å². The lowest BCUT2D eigenvalue weighted by atomic mass is 10.3. The van der Waals surface area contributed by atoms with E-state index < -0.39 is 0 Å². The maximum atomic E-state index is 5.83. The number of ether oxygens (including phenoxy) is 1. The van der Waals surface area contributed by atoms with Gasteiger partial charge in [0.1, 0.15) is 10.2 Å². The van der Waals surface area contributed by atoms with Gasteiger partial charge in [-0.2, -0.15) is 0 Å². The number of anilines is 1. The molecule has 0 aromatic carbocycles. The first-order valence-corrected chi connectivity index (χ1v) is 6.13. The second-order valence-corrected chi connectivity index (χ2v) is 5.16. The number of nitrogen functional groups attached to an aromatic ring is 1. The number of pyridine rings is 1. The predicted octanol–water partition coefficient (Wildman–Crippen LogP) is 2.59. The molecule has 1 fully saturated rings. The van der Waals surface area contributed by atoms with Crippen molar-refractivity contribution < 1.29 is 4.74 Å². The topological polar surface area (TPSA) is 48.1 Å². The Balaban J connectivity index is 2.12. The molecule has 3 nitrogen and oxygen atoms in total. The zero-order valence-corrected chi connectivity index (χ0v) is 10.0. The molecule has 0 radical (unpaired) electrons. The summed E-state index contributed by atoms with van der Waals surface area (Å²) < 4.78 is 5.49. The van der Waals surface area contributed by atoms with Gasteiger partial charge in [0.05, 0.1) is 11.8 Å². The van der Waals surface area contributed by atoms with Crippen LogP contribution in [0.5, 0.6) is 0 Å². The quantitative estimate of drug-likeness (QED) is 0.813. The zero-order chi connectivity index (χ0) is 10.8. The summed E-state index contributed by atoms with van der Waals surface area (Å²) in [6.45, 7) is 2.89. The molecule has 1 aliphatic rings. The Hall–Kier alpha value is -0.450. The zero-order valence-electron chi connectivity index (χ0n) is 8.44. The average Bonchev–Trinajstić information content (AvgIpc) is 2.58. The maximum absolute atomic E-state index is 5.83. The van der Waals surface area contributed by atoms with Crippen molar-refractivity contribution in [3.8, 4) is 0 Å². The molecule has 1 aromatic rings. The van der Waals surface area contributed by atoms with Gasteiger partial charge in [0.25, 0.3) is 0 Å². The molecule has 1 aromatic heterocycles. The normalized spacial score (nSPS) is 25.7. The molecule has 0 spiro atoms. The fraction of sp³-hybridized carbons (Fsp3) is 0.500. The first-order valence-electron chi connectivity index (χ1n) is 4.87. The second kappa shape index (κ2) is 4.60. The van der Waals surface area contributed by atoms with Gasteiger partial charge in [0.2, 0.25) is 0 Å². The van der Waals surface area contributed by atoms with Crippen molar-refractivity contribution in [3.05, 3.63) is 17.3 Å². The number of rotatable bonds is 2. The van der Waals surface area contributed by atoms with E-state index in [0.717, 1.165) is 18.1 Å². The lowest BCUT2D eigenvalue weighted by molar-refractivity contribution is 0.127. The van der Waals surface area contributed by atoms with Crippen molar-refractivity contribution >= 4 is 29.1 Å². The molecule has 0 amide bonds. The molecule has 2 unspecified atom stereocenters. The van der Waals surface area contributed by atoms with Crippen LogP contribution in [0.4, 0.5) is 5.69 Å². The largest absolute Gasteiger partial charge is 0.397 e. The van der Waals surface area contributed by atoms with E-state index in [4.69, 9.17) is 22.1 Å². The summed E-state index contributed by atoms with van der Waals surface area (Å²) >= 11 is 7.48. The SMILES string of the molecule is CC1OCCC1Sc1nc(Cl)ccc1N. The van der Waals surface area contributed by atoms with Crippen LogP contribution in [0.2, 0.25) is 5.15 Å². The summed E-state index contributed by atoms with van der Waals surface area (Å²) in [5.41, 5.74) is 6.51. The molecule has 2 N–H and O–H groups in total. The minimum absolute atomic E-state index is 0.259. The monoisotopic (exact) mass is 244 g/mol. The Morgan fingerprint density at radius 1 is 1.60 bits per heavy atom. The molecule has 0 saturated carbocycles. The molecule has 5 heteroatoms. The van der Waals surface area contributed by atoms with E-state index in [2.05, 4.69) is 11.9 Å². The summed E-state index contributed by atoms with van der Waals surface area (Å²) in [6, 6.07) is 3.49. The molecular formula is C10H13ClN2OS. The second-order valence-electron chi connectivity index (χ2n) is 3.55. The van der Waals surface area contributed by atoms with Gasteiger partial charge in [0.15, 0.2) is 0 Å². The van der Waals surface area contributed by atoms with E-state index >= 15 is 0 Å². The Labute approximate surface area is 98.3 Å². The number of thioether (sulfide) groups is 1. The molecule has 0 aliphatic carbocycles. The predicted molar refractivity (Wildman–Crippen MR) is 63.3 cm³/mol. The molecule has 1 aliphatic heterocycles. The van der Waals surface area contributed by atoms with E-state index in [-0.39, 0.29) is 6.10 Å². The van der Waals surface area contributed by atoms with Gasteiger partial charge in [-0.1, -0.05) is 23.4 Å². The number of nitrogens with two attached hydrogens (primary N) is 1. The van der Waals surface area contributed by atoms with E-state index in [1.807, 2.05) is 0 Å². The summed E-state index contributed by atoms with van der Waals surface area (Å²) in [4.78, 5) is 4.22. The molecule has 0 bridgehead atoms. The molecule has 2 atom stereocenters. The van der Waals surface area contributed by atoms with Crippen LogP contribution >= 0.6 is 23.4 Å². The van der Waals surface area contributed by atoms with E-state index in [1.165, 1.54) is 0 Å². The number of aromatic nitrogens is 1. The lowest BCUT2D eigenvalue weighted by Gasteiger charge is -2.13. The van der Waals surface area contributed by atoms with Crippen molar-refractivity contribution in [2.75, 3.05) is 12.3 Å². The Morgan fingerprint density at radius 2 is 2.40 bits per heavy atom. The summed E-state index contributed by atoms with van der Waals surface area (Å²) in [6.07, 6.45) is 1.30. The third-order valence-corrected chi connectivity index (χ3v) is 4.11. The van der Waals surface area contributed by atoms with Gasteiger partial charge in [-0.25, -0.2) is 4.98 Å². The van der Waals surface area contributed by atoms with Crippen molar-refractivity contribution in [1.82, 2.24) is 4.98 Å². The van der Waals surface area contributed by atoms with Gasteiger partial charge >= 0.3 is 0 Å². The Morgan fingerprint density at radius 3 is 3.07 bits per heavy atom. The lowest BCUT2D eigenvalue weighted by Crippen LogP contribution is -2.13. The fourth-order valence-corrected chi connectivity index (χ4v) is 2.86. The molecule has 82 valence electrons. The summed E-state index contributed by atoms with van der Waals surface area (Å²) in [5, 5.41) is 1.72. The van der Waals surface area contributed by atoms with Crippen molar-refractivity contribution in [3.63, 3.8) is 0 Å². The highest BCUT2D eigenvalue weighted by Crippen LogP contribution is 2.34. The van der Waals surface area contributed by atoms with Crippen LogP contribution in [0.1, 0.15) is 13.3 Å². The number of hydrogen-bond acceptors (Lipinski definition) is 4. The smallest absolute Gasteiger partial charge is 0.130 e. The third kappa shape index (κ3) is 2.56. The van der Waals surface area contributed by atoms with Crippen molar-refractivity contribution in [2.24, 2.45) is 0 Å². The van der Waals surface area contributed by atoms with E-state index in [9.17, 15) is 0 Å². The van der Waals surface area contributed by atoms with E-state index in [1.54, 1.807) is 23.9 Å². The van der Waals surface area contributed by atoms with Gasteiger partial charge in [-0.05, 0) is 25.5 Å². The minimum Gasteiger partial charge on any atom is -0.397 e. The maximum Gasteiger partial charge on any atom is 0.130 e. The van der Waals surface area contributed by atoms with Gasteiger partial charge in [-0.15, -0.1) is 0 Å². The summed E-state index contributed by atoms with van der Waals surface area (Å²) in [7, 11) is 0.